The molecule has 26 heavy (non-hydrogen) atoms. The second-order valence-corrected chi connectivity index (χ2v) is 7.68. The van der Waals surface area contributed by atoms with Gasteiger partial charge in [-0.05, 0) is 64.5 Å². The van der Waals surface area contributed by atoms with Gasteiger partial charge >= 0.3 is 6.09 Å². The first-order valence-corrected chi connectivity index (χ1v) is 8.81. The van der Waals surface area contributed by atoms with Gasteiger partial charge in [0.05, 0.1) is 5.69 Å². The summed E-state index contributed by atoms with van der Waals surface area (Å²) in [7, 11) is 3.96. The summed E-state index contributed by atoms with van der Waals surface area (Å²) in [6, 6.07) is 3.84. The molecule has 1 heterocycles. The summed E-state index contributed by atoms with van der Waals surface area (Å²) in [6.07, 6.45) is 1.04. The van der Waals surface area contributed by atoms with E-state index in [0.29, 0.717) is 37.5 Å². The molecule has 144 valence electrons. The van der Waals surface area contributed by atoms with Crippen LogP contribution in [0.25, 0.3) is 0 Å². The molecule has 2 amide bonds. The lowest BCUT2D eigenvalue weighted by Gasteiger charge is -2.31. The maximum atomic E-state index is 12.3. The lowest BCUT2D eigenvalue weighted by molar-refractivity contribution is -0.105. The van der Waals surface area contributed by atoms with Gasteiger partial charge < -0.3 is 24.6 Å². The van der Waals surface area contributed by atoms with E-state index in [1.54, 1.807) is 4.90 Å². The molecule has 1 aliphatic heterocycles. The molecular weight excluding hydrogens is 334 g/mol. The fraction of sp³-hybridized carbons (Fsp3) is 0.579. The summed E-state index contributed by atoms with van der Waals surface area (Å²) in [4.78, 5) is 27.0. The van der Waals surface area contributed by atoms with Crippen LogP contribution >= 0.6 is 0 Å². The number of nitrogens with one attached hydrogen (secondary N) is 1. The lowest BCUT2D eigenvalue weighted by Crippen LogP contribution is -2.39. The van der Waals surface area contributed by atoms with Crippen molar-refractivity contribution in [3.05, 3.63) is 23.3 Å². The fourth-order valence-electron chi connectivity index (χ4n) is 2.70. The number of anilines is 1. The van der Waals surface area contributed by atoms with Crippen LogP contribution in [0.3, 0.4) is 0 Å². The Bertz CT molecular complexity index is 653. The van der Waals surface area contributed by atoms with Crippen molar-refractivity contribution in [2.24, 2.45) is 0 Å². The first kappa shape index (κ1) is 20.0. The Hall–Kier alpha value is -2.28. The molecule has 7 heteroatoms. The average molecular weight is 363 g/mol. The number of likely N-dealkylation sites (N-methyl/N-ethyl adjacent to an activating group) is 1. The van der Waals surface area contributed by atoms with Crippen molar-refractivity contribution in [1.29, 1.82) is 0 Å². The van der Waals surface area contributed by atoms with E-state index in [-0.39, 0.29) is 6.09 Å². The number of hydrogen-bond acceptors (Lipinski definition) is 5. The molecule has 0 aliphatic carbocycles. The van der Waals surface area contributed by atoms with Crippen molar-refractivity contribution in [2.75, 3.05) is 39.1 Å². The molecule has 0 saturated carbocycles. The van der Waals surface area contributed by atoms with E-state index in [4.69, 9.17) is 9.47 Å². The third-order valence-corrected chi connectivity index (χ3v) is 3.98. The fourth-order valence-corrected chi connectivity index (χ4v) is 2.70. The first-order valence-electron chi connectivity index (χ1n) is 8.81. The number of ether oxygens (including phenoxy) is 2. The topological polar surface area (TPSA) is 71.1 Å². The normalized spacial score (nSPS) is 14.0. The van der Waals surface area contributed by atoms with E-state index in [1.807, 2.05) is 51.9 Å². The molecule has 0 aromatic heterocycles. The van der Waals surface area contributed by atoms with Crippen LogP contribution in [-0.4, -0.2) is 61.7 Å². The monoisotopic (exact) mass is 363 g/mol. The summed E-state index contributed by atoms with van der Waals surface area (Å²) < 4.78 is 11.3. The standard InChI is InChI=1S/C19H29N3O4/c1-19(2,3)26-18(24)22-7-6-14-11-17(25-9-8-21(4)5)16(20-13-23)10-15(14)12-22/h10-11,13H,6-9,12H2,1-5H3,(H,20,23). The lowest BCUT2D eigenvalue weighted by atomic mass is 9.98. The second-order valence-electron chi connectivity index (χ2n) is 7.68. The molecule has 1 aromatic carbocycles. The molecular formula is C19H29N3O4. The summed E-state index contributed by atoms with van der Waals surface area (Å²) in [5.41, 5.74) is 2.21. The van der Waals surface area contributed by atoms with E-state index in [2.05, 4.69) is 5.32 Å². The van der Waals surface area contributed by atoms with E-state index in [0.717, 1.165) is 24.1 Å². The Balaban J connectivity index is 2.15. The summed E-state index contributed by atoms with van der Waals surface area (Å²) >= 11 is 0. The molecule has 0 fully saturated rings. The van der Waals surface area contributed by atoms with E-state index in [1.165, 1.54) is 0 Å². The first-order chi connectivity index (χ1) is 12.2. The number of hydrogen-bond donors (Lipinski definition) is 1. The highest BCUT2D eigenvalue weighted by molar-refractivity contribution is 5.77. The molecule has 0 saturated heterocycles. The van der Waals surface area contributed by atoms with Crippen molar-refractivity contribution in [1.82, 2.24) is 9.80 Å². The molecule has 0 bridgehead atoms. The number of carbonyl (C=O) groups excluding carboxylic acids is 2. The summed E-state index contributed by atoms with van der Waals surface area (Å²) in [5.74, 6) is 0.656. The van der Waals surface area contributed by atoms with Gasteiger partial charge in [-0.3, -0.25) is 4.79 Å². The largest absolute Gasteiger partial charge is 0.490 e. The smallest absolute Gasteiger partial charge is 0.410 e. The molecule has 0 radical (unpaired) electrons. The number of rotatable bonds is 6. The highest BCUT2D eigenvalue weighted by Gasteiger charge is 2.26. The Morgan fingerprint density at radius 3 is 2.65 bits per heavy atom. The zero-order chi connectivity index (χ0) is 19.3. The highest BCUT2D eigenvalue weighted by Crippen LogP contribution is 2.32. The van der Waals surface area contributed by atoms with Gasteiger partial charge in [0, 0.05) is 19.6 Å². The van der Waals surface area contributed by atoms with Crippen LogP contribution in [0.1, 0.15) is 31.9 Å². The van der Waals surface area contributed by atoms with E-state index < -0.39 is 5.60 Å². The van der Waals surface area contributed by atoms with Gasteiger partial charge in [-0.25, -0.2) is 4.79 Å². The Morgan fingerprint density at radius 1 is 1.31 bits per heavy atom. The van der Waals surface area contributed by atoms with Crippen molar-refractivity contribution in [2.45, 2.75) is 39.3 Å². The van der Waals surface area contributed by atoms with Gasteiger partial charge in [0.2, 0.25) is 6.41 Å². The molecule has 0 spiro atoms. The summed E-state index contributed by atoms with van der Waals surface area (Å²) in [6.45, 7) is 7.92. The van der Waals surface area contributed by atoms with Gasteiger partial charge in [0.25, 0.3) is 0 Å². The zero-order valence-electron chi connectivity index (χ0n) is 16.3. The van der Waals surface area contributed by atoms with Crippen molar-refractivity contribution < 1.29 is 19.1 Å². The van der Waals surface area contributed by atoms with Gasteiger partial charge in [0.15, 0.2) is 0 Å². The quantitative estimate of drug-likeness (QED) is 0.786. The molecule has 2 rings (SSSR count). The Labute approximate surface area is 155 Å². The average Bonchev–Trinajstić information content (AvgIpc) is 2.53. The number of carbonyl (C=O) groups is 2. The minimum atomic E-state index is -0.522. The number of nitrogens with zero attached hydrogens (tertiary/aromatic N) is 2. The van der Waals surface area contributed by atoms with Crippen LogP contribution in [0.5, 0.6) is 5.75 Å². The third-order valence-electron chi connectivity index (χ3n) is 3.98. The molecule has 7 nitrogen and oxygen atoms in total. The van der Waals surface area contributed by atoms with Crippen LogP contribution in [0.4, 0.5) is 10.5 Å². The number of amides is 2. The maximum Gasteiger partial charge on any atom is 0.410 e. The minimum Gasteiger partial charge on any atom is -0.490 e. The van der Waals surface area contributed by atoms with E-state index in [9.17, 15) is 9.59 Å². The number of benzene rings is 1. The predicted octanol–water partition coefficient (Wildman–Crippen LogP) is 2.49. The maximum absolute atomic E-state index is 12.3. The van der Waals surface area contributed by atoms with Crippen LogP contribution in [-0.2, 0) is 22.5 Å². The van der Waals surface area contributed by atoms with Crippen molar-refractivity contribution >= 4 is 18.2 Å². The Morgan fingerprint density at radius 2 is 2.04 bits per heavy atom. The molecule has 1 aliphatic rings. The number of fused-ring (bicyclic) bond motifs is 1. The van der Waals surface area contributed by atoms with Gasteiger partial charge in [0.1, 0.15) is 18.0 Å². The second kappa shape index (κ2) is 8.40. The van der Waals surface area contributed by atoms with Crippen molar-refractivity contribution in [3.8, 4) is 5.75 Å². The van der Waals surface area contributed by atoms with Gasteiger partial charge in [-0.15, -0.1) is 0 Å². The van der Waals surface area contributed by atoms with Crippen LogP contribution in [0.15, 0.2) is 12.1 Å². The molecule has 1 N–H and O–H groups in total. The zero-order valence-corrected chi connectivity index (χ0v) is 16.3. The van der Waals surface area contributed by atoms with Crippen molar-refractivity contribution in [3.63, 3.8) is 0 Å². The van der Waals surface area contributed by atoms with Crippen LogP contribution in [0, 0.1) is 0 Å². The van der Waals surface area contributed by atoms with Gasteiger partial charge in [-0.1, -0.05) is 0 Å². The molecule has 1 aromatic rings. The highest BCUT2D eigenvalue weighted by atomic mass is 16.6. The molecule has 0 atom stereocenters. The van der Waals surface area contributed by atoms with Crippen LogP contribution in [0.2, 0.25) is 0 Å². The minimum absolute atomic E-state index is 0.320. The summed E-state index contributed by atoms with van der Waals surface area (Å²) in [5, 5.41) is 2.69. The predicted molar refractivity (Wildman–Crippen MR) is 101 cm³/mol. The van der Waals surface area contributed by atoms with Gasteiger partial charge in [-0.2, -0.15) is 0 Å². The third kappa shape index (κ3) is 5.62. The molecule has 0 unspecified atom stereocenters. The van der Waals surface area contributed by atoms with E-state index >= 15 is 0 Å². The van der Waals surface area contributed by atoms with Crippen LogP contribution < -0.4 is 10.1 Å². The Kier molecular flexibility index (Phi) is 6.47. The SMILES string of the molecule is CN(C)CCOc1cc2c(cc1NC=O)CN(C(=O)OC(C)(C)C)CC2.